The Morgan fingerprint density at radius 3 is 2.41 bits per heavy atom. The summed E-state index contributed by atoms with van der Waals surface area (Å²) in [5, 5.41) is 1.34. The molecule has 22 heavy (non-hydrogen) atoms. The molecule has 0 fully saturated rings. The van der Waals surface area contributed by atoms with Crippen LogP contribution in [0.1, 0.15) is 43.0 Å². The number of aromatic nitrogens is 1. The Morgan fingerprint density at radius 2 is 1.73 bits per heavy atom. The smallest absolute Gasteiger partial charge is 0.0513 e. The molecule has 0 aliphatic rings. The molecule has 114 valence electrons. The summed E-state index contributed by atoms with van der Waals surface area (Å²) in [6.07, 6.45) is 2.21. The molecule has 0 aliphatic carbocycles. The zero-order valence-corrected chi connectivity index (χ0v) is 14.3. The van der Waals surface area contributed by atoms with Crippen LogP contribution in [-0.4, -0.2) is 4.57 Å². The lowest BCUT2D eigenvalue weighted by Gasteiger charge is -2.20. The van der Waals surface area contributed by atoms with Crippen LogP contribution in [0.4, 0.5) is 0 Å². The predicted octanol–water partition coefficient (Wildman–Crippen LogP) is 5.60. The van der Waals surface area contributed by atoms with E-state index >= 15 is 0 Å². The van der Waals surface area contributed by atoms with E-state index in [0.29, 0.717) is 0 Å². The molecule has 0 amide bonds. The van der Waals surface area contributed by atoms with Gasteiger partial charge in [-0.25, -0.2) is 0 Å². The van der Waals surface area contributed by atoms with Gasteiger partial charge in [-0.1, -0.05) is 56.7 Å². The monoisotopic (exact) mass is 291 g/mol. The van der Waals surface area contributed by atoms with Crippen molar-refractivity contribution in [1.29, 1.82) is 0 Å². The van der Waals surface area contributed by atoms with Crippen molar-refractivity contribution >= 4 is 10.9 Å². The zero-order valence-electron chi connectivity index (χ0n) is 14.3. The van der Waals surface area contributed by atoms with E-state index in [4.69, 9.17) is 0 Å². The van der Waals surface area contributed by atoms with Crippen LogP contribution < -0.4 is 0 Å². The first-order valence-electron chi connectivity index (χ1n) is 8.00. The van der Waals surface area contributed by atoms with Gasteiger partial charge in [-0.05, 0) is 48.1 Å². The lowest BCUT2D eigenvalue weighted by atomic mass is 9.85. The highest BCUT2D eigenvalue weighted by molar-refractivity contribution is 5.84. The molecule has 0 saturated carbocycles. The molecule has 1 aromatic heterocycles. The fraction of sp³-hybridized carbons (Fsp3) is 0.333. The quantitative estimate of drug-likeness (QED) is 0.579. The number of nitrogens with zero attached hydrogens (tertiary/aromatic N) is 1. The first-order valence-corrected chi connectivity index (χ1v) is 8.00. The van der Waals surface area contributed by atoms with Crippen LogP contribution in [0, 0.1) is 13.8 Å². The SMILES string of the molecule is Cc1cccc(Cn2ccc3cc(C(C)(C)C)cc(C)c32)c1. The molecule has 2 aromatic carbocycles. The topological polar surface area (TPSA) is 4.93 Å². The Kier molecular flexibility index (Phi) is 3.60. The zero-order chi connectivity index (χ0) is 15.9. The number of fused-ring (bicyclic) bond motifs is 1. The molecule has 0 spiro atoms. The second-order valence-electron chi connectivity index (χ2n) is 7.41. The molecule has 1 heteroatoms. The van der Waals surface area contributed by atoms with Crippen molar-refractivity contribution in [3.63, 3.8) is 0 Å². The van der Waals surface area contributed by atoms with E-state index in [2.05, 4.69) is 87.8 Å². The highest BCUT2D eigenvalue weighted by atomic mass is 15.0. The van der Waals surface area contributed by atoms with Crippen LogP contribution in [0.25, 0.3) is 10.9 Å². The maximum absolute atomic E-state index is 2.37. The molecule has 0 atom stereocenters. The van der Waals surface area contributed by atoms with Crippen LogP contribution >= 0.6 is 0 Å². The summed E-state index contributed by atoms with van der Waals surface area (Å²) in [7, 11) is 0. The van der Waals surface area contributed by atoms with Gasteiger partial charge in [-0.2, -0.15) is 0 Å². The summed E-state index contributed by atoms with van der Waals surface area (Å²) >= 11 is 0. The van der Waals surface area contributed by atoms with Gasteiger partial charge in [0.1, 0.15) is 0 Å². The Balaban J connectivity index is 2.05. The highest BCUT2D eigenvalue weighted by Gasteiger charge is 2.16. The van der Waals surface area contributed by atoms with E-state index < -0.39 is 0 Å². The Labute approximate surface area is 133 Å². The highest BCUT2D eigenvalue weighted by Crippen LogP contribution is 2.29. The van der Waals surface area contributed by atoms with Gasteiger partial charge in [-0.3, -0.25) is 0 Å². The summed E-state index contributed by atoms with van der Waals surface area (Å²) in [5.74, 6) is 0. The second kappa shape index (κ2) is 5.31. The molecule has 0 saturated heterocycles. The minimum Gasteiger partial charge on any atom is -0.343 e. The second-order valence-corrected chi connectivity index (χ2v) is 7.41. The van der Waals surface area contributed by atoms with Gasteiger partial charge in [-0.15, -0.1) is 0 Å². The maximum atomic E-state index is 2.37. The Hall–Kier alpha value is -2.02. The van der Waals surface area contributed by atoms with Crippen LogP contribution in [0.15, 0.2) is 48.7 Å². The third-order valence-corrected chi connectivity index (χ3v) is 4.35. The first kappa shape index (κ1) is 14.9. The molecule has 0 bridgehead atoms. The molecular formula is C21H25N. The van der Waals surface area contributed by atoms with Crippen LogP contribution in [0.5, 0.6) is 0 Å². The average Bonchev–Trinajstić information content (AvgIpc) is 2.81. The van der Waals surface area contributed by atoms with E-state index in [0.717, 1.165) is 6.54 Å². The normalized spacial score (nSPS) is 12.0. The third-order valence-electron chi connectivity index (χ3n) is 4.35. The summed E-state index contributed by atoms with van der Waals surface area (Å²) < 4.78 is 2.37. The van der Waals surface area contributed by atoms with Crippen molar-refractivity contribution in [2.24, 2.45) is 0 Å². The van der Waals surface area contributed by atoms with Gasteiger partial charge < -0.3 is 4.57 Å². The van der Waals surface area contributed by atoms with Gasteiger partial charge in [0, 0.05) is 18.1 Å². The van der Waals surface area contributed by atoms with Crippen molar-refractivity contribution < 1.29 is 0 Å². The van der Waals surface area contributed by atoms with E-state index in [9.17, 15) is 0 Å². The number of hydrogen-bond acceptors (Lipinski definition) is 0. The Morgan fingerprint density at radius 1 is 0.955 bits per heavy atom. The summed E-state index contributed by atoms with van der Waals surface area (Å²) in [6.45, 7) is 12.1. The van der Waals surface area contributed by atoms with E-state index in [1.54, 1.807) is 0 Å². The van der Waals surface area contributed by atoms with Gasteiger partial charge >= 0.3 is 0 Å². The molecule has 1 heterocycles. The number of rotatable bonds is 2. The van der Waals surface area contributed by atoms with Crippen molar-refractivity contribution in [3.05, 3.63) is 70.9 Å². The molecule has 3 rings (SSSR count). The first-order chi connectivity index (χ1) is 10.3. The van der Waals surface area contributed by atoms with Gasteiger partial charge in [0.05, 0.1) is 5.52 Å². The maximum Gasteiger partial charge on any atom is 0.0513 e. The summed E-state index contributed by atoms with van der Waals surface area (Å²) in [4.78, 5) is 0. The molecule has 1 nitrogen and oxygen atoms in total. The fourth-order valence-corrected chi connectivity index (χ4v) is 3.14. The standard InChI is InChI=1S/C21H25N/c1-15-7-6-8-17(11-15)14-22-10-9-18-13-19(21(3,4)5)12-16(2)20(18)22/h6-13H,14H2,1-5H3. The predicted molar refractivity (Wildman–Crippen MR) is 95.7 cm³/mol. The minimum atomic E-state index is 0.192. The number of benzene rings is 2. The van der Waals surface area contributed by atoms with Crippen molar-refractivity contribution in [2.45, 2.75) is 46.6 Å². The number of hydrogen-bond donors (Lipinski definition) is 0. The largest absolute Gasteiger partial charge is 0.343 e. The number of aryl methyl sites for hydroxylation is 2. The van der Waals surface area contributed by atoms with E-state index in [1.807, 2.05) is 0 Å². The van der Waals surface area contributed by atoms with Crippen LogP contribution in [-0.2, 0) is 12.0 Å². The van der Waals surface area contributed by atoms with E-state index in [1.165, 1.54) is 33.2 Å². The van der Waals surface area contributed by atoms with Gasteiger partial charge in [0.2, 0.25) is 0 Å². The molecule has 3 aromatic rings. The van der Waals surface area contributed by atoms with Gasteiger partial charge in [0.15, 0.2) is 0 Å². The van der Waals surface area contributed by atoms with Crippen molar-refractivity contribution in [2.75, 3.05) is 0 Å². The summed E-state index contributed by atoms with van der Waals surface area (Å²) in [5.41, 5.74) is 7.00. The lowest BCUT2D eigenvalue weighted by Crippen LogP contribution is -2.11. The van der Waals surface area contributed by atoms with Gasteiger partial charge in [0.25, 0.3) is 0 Å². The van der Waals surface area contributed by atoms with Crippen LogP contribution in [0.2, 0.25) is 0 Å². The molecule has 0 aliphatic heterocycles. The average molecular weight is 291 g/mol. The Bertz CT molecular complexity index is 816. The molecule has 0 unspecified atom stereocenters. The molecule has 0 radical (unpaired) electrons. The van der Waals surface area contributed by atoms with E-state index in [-0.39, 0.29) is 5.41 Å². The fourth-order valence-electron chi connectivity index (χ4n) is 3.14. The van der Waals surface area contributed by atoms with Crippen molar-refractivity contribution in [3.8, 4) is 0 Å². The lowest BCUT2D eigenvalue weighted by molar-refractivity contribution is 0.590. The minimum absolute atomic E-state index is 0.192. The van der Waals surface area contributed by atoms with Crippen molar-refractivity contribution in [1.82, 2.24) is 4.57 Å². The summed E-state index contributed by atoms with van der Waals surface area (Å²) in [6, 6.07) is 15.7. The molecule has 0 N–H and O–H groups in total. The van der Waals surface area contributed by atoms with Crippen LogP contribution in [0.3, 0.4) is 0 Å². The molecular weight excluding hydrogens is 266 g/mol. The third kappa shape index (κ3) is 2.81.